The summed E-state index contributed by atoms with van der Waals surface area (Å²) < 4.78 is 5.77. The Labute approximate surface area is 199 Å². The van der Waals surface area contributed by atoms with Crippen molar-refractivity contribution in [3.63, 3.8) is 0 Å². The molecule has 4 fully saturated rings. The SMILES string of the molecule is CC(=O)O[C@H]1C[C@@H]2CC[C@@H]3[C@H](CC[C@]4(C)[C@@H]([C@H](C)CCCC(C)C)CC[C@@H]34)[C@@]2(C)C[C@H]1C. The predicted octanol–water partition coefficient (Wildman–Crippen LogP) is 8.29. The van der Waals surface area contributed by atoms with Crippen LogP contribution in [-0.2, 0) is 9.53 Å². The Kier molecular flexibility index (Phi) is 7.11. The number of ether oxygens (including phenoxy) is 1. The first-order valence-corrected chi connectivity index (χ1v) is 14.2. The molecule has 0 bridgehead atoms. The highest BCUT2D eigenvalue weighted by molar-refractivity contribution is 5.66. The minimum Gasteiger partial charge on any atom is -0.462 e. The Morgan fingerprint density at radius 2 is 1.69 bits per heavy atom. The Morgan fingerprint density at radius 3 is 2.38 bits per heavy atom. The van der Waals surface area contributed by atoms with Crippen molar-refractivity contribution in [1.29, 1.82) is 0 Å². The van der Waals surface area contributed by atoms with Gasteiger partial charge in [0.2, 0.25) is 0 Å². The molecule has 0 aromatic carbocycles. The number of hydrogen-bond donors (Lipinski definition) is 0. The van der Waals surface area contributed by atoms with Gasteiger partial charge in [0, 0.05) is 6.92 Å². The van der Waals surface area contributed by atoms with Gasteiger partial charge < -0.3 is 4.74 Å². The van der Waals surface area contributed by atoms with Gasteiger partial charge in [0.1, 0.15) is 6.10 Å². The van der Waals surface area contributed by atoms with Gasteiger partial charge in [0.25, 0.3) is 0 Å². The van der Waals surface area contributed by atoms with Crippen molar-refractivity contribution in [3.8, 4) is 0 Å². The van der Waals surface area contributed by atoms with Gasteiger partial charge in [-0.15, -0.1) is 0 Å². The number of esters is 1. The van der Waals surface area contributed by atoms with Crippen LogP contribution < -0.4 is 0 Å². The van der Waals surface area contributed by atoms with E-state index >= 15 is 0 Å². The van der Waals surface area contributed by atoms with Gasteiger partial charge in [-0.2, -0.15) is 0 Å². The van der Waals surface area contributed by atoms with E-state index in [1.54, 1.807) is 6.92 Å². The lowest BCUT2D eigenvalue weighted by atomic mass is 9.43. The summed E-state index contributed by atoms with van der Waals surface area (Å²) in [5.41, 5.74) is 1.05. The van der Waals surface area contributed by atoms with Crippen LogP contribution >= 0.6 is 0 Å². The first-order chi connectivity index (χ1) is 15.1. The molecule has 4 aliphatic carbocycles. The third kappa shape index (κ3) is 4.31. The molecule has 0 radical (unpaired) electrons. The number of fused-ring (bicyclic) bond motifs is 5. The maximum absolute atomic E-state index is 11.6. The van der Waals surface area contributed by atoms with Crippen molar-refractivity contribution >= 4 is 5.97 Å². The van der Waals surface area contributed by atoms with E-state index in [1.165, 1.54) is 64.2 Å². The van der Waals surface area contributed by atoms with Crippen molar-refractivity contribution in [3.05, 3.63) is 0 Å². The lowest BCUT2D eigenvalue weighted by molar-refractivity contribution is -0.169. The molecular formula is C30H52O2. The summed E-state index contributed by atoms with van der Waals surface area (Å²) >= 11 is 0. The summed E-state index contributed by atoms with van der Waals surface area (Å²) in [6.45, 7) is 16.6. The van der Waals surface area contributed by atoms with E-state index in [2.05, 4.69) is 41.5 Å². The van der Waals surface area contributed by atoms with E-state index in [-0.39, 0.29) is 12.1 Å². The van der Waals surface area contributed by atoms with Crippen LogP contribution in [0.3, 0.4) is 0 Å². The van der Waals surface area contributed by atoms with Gasteiger partial charge >= 0.3 is 5.97 Å². The van der Waals surface area contributed by atoms with E-state index < -0.39 is 0 Å². The van der Waals surface area contributed by atoms with Crippen LogP contribution in [0.4, 0.5) is 0 Å². The van der Waals surface area contributed by atoms with Crippen molar-refractivity contribution in [2.75, 3.05) is 0 Å². The van der Waals surface area contributed by atoms with Crippen LogP contribution in [0.25, 0.3) is 0 Å². The molecule has 2 nitrogen and oxygen atoms in total. The summed E-state index contributed by atoms with van der Waals surface area (Å²) in [4.78, 5) is 11.6. The molecule has 184 valence electrons. The van der Waals surface area contributed by atoms with Crippen LogP contribution in [0, 0.1) is 58.2 Å². The largest absolute Gasteiger partial charge is 0.462 e. The number of hydrogen-bond acceptors (Lipinski definition) is 2. The van der Waals surface area contributed by atoms with Crippen LogP contribution in [0.2, 0.25) is 0 Å². The average molecular weight is 445 g/mol. The lowest BCUT2D eigenvalue weighted by Crippen LogP contribution is -2.55. The van der Waals surface area contributed by atoms with E-state index in [0.717, 1.165) is 47.8 Å². The van der Waals surface area contributed by atoms with Crippen LogP contribution in [0.5, 0.6) is 0 Å². The number of rotatable bonds is 6. The fourth-order valence-electron chi connectivity index (χ4n) is 9.98. The second-order valence-corrected chi connectivity index (χ2v) is 13.8. The Hall–Kier alpha value is -0.530. The average Bonchev–Trinajstić information content (AvgIpc) is 3.05. The van der Waals surface area contributed by atoms with Gasteiger partial charge in [-0.25, -0.2) is 0 Å². The van der Waals surface area contributed by atoms with Gasteiger partial charge in [0.15, 0.2) is 0 Å². The smallest absolute Gasteiger partial charge is 0.302 e. The van der Waals surface area contributed by atoms with E-state index in [0.29, 0.717) is 16.7 Å². The van der Waals surface area contributed by atoms with Gasteiger partial charge in [-0.1, -0.05) is 60.8 Å². The quantitative estimate of drug-likeness (QED) is 0.385. The molecular weight excluding hydrogens is 392 g/mol. The Balaban J connectivity index is 1.46. The number of carbonyl (C=O) groups excluding carboxylic acids is 1. The van der Waals surface area contributed by atoms with E-state index in [4.69, 9.17) is 4.74 Å². The maximum Gasteiger partial charge on any atom is 0.302 e. The number of carbonyl (C=O) groups is 1. The minimum absolute atomic E-state index is 0.0907. The Morgan fingerprint density at radius 1 is 0.969 bits per heavy atom. The molecule has 0 aromatic heterocycles. The molecule has 2 heteroatoms. The molecule has 0 unspecified atom stereocenters. The second-order valence-electron chi connectivity index (χ2n) is 13.8. The monoisotopic (exact) mass is 444 g/mol. The highest BCUT2D eigenvalue weighted by Crippen LogP contribution is 2.68. The van der Waals surface area contributed by atoms with E-state index in [9.17, 15) is 4.79 Å². The van der Waals surface area contributed by atoms with E-state index in [1.807, 2.05) is 0 Å². The molecule has 4 rings (SSSR count). The molecule has 0 spiro atoms. The van der Waals surface area contributed by atoms with Crippen molar-refractivity contribution in [2.45, 2.75) is 125 Å². The molecule has 0 heterocycles. The summed E-state index contributed by atoms with van der Waals surface area (Å²) in [7, 11) is 0. The normalized spacial score (nSPS) is 46.8. The van der Waals surface area contributed by atoms with Crippen molar-refractivity contribution in [1.82, 2.24) is 0 Å². The minimum atomic E-state index is -0.0907. The van der Waals surface area contributed by atoms with Crippen molar-refractivity contribution < 1.29 is 9.53 Å². The van der Waals surface area contributed by atoms with Crippen LogP contribution in [-0.4, -0.2) is 12.1 Å². The topological polar surface area (TPSA) is 26.3 Å². The third-order valence-electron chi connectivity index (χ3n) is 11.5. The highest BCUT2D eigenvalue weighted by atomic mass is 16.5. The lowest BCUT2D eigenvalue weighted by Gasteiger charge is -2.62. The van der Waals surface area contributed by atoms with Crippen molar-refractivity contribution in [2.24, 2.45) is 58.2 Å². The van der Waals surface area contributed by atoms with Gasteiger partial charge in [0.05, 0.1) is 0 Å². The molecule has 0 aliphatic heterocycles. The van der Waals surface area contributed by atoms with Crippen LogP contribution in [0.1, 0.15) is 119 Å². The standard InChI is InChI=1S/C30H52O2/c1-19(2)9-8-10-20(3)25-13-14-26-24-12-11-23-17-28(32-22(5)31)21(4)18-30(23,7)27(24)15-16-29(25,26)6/h19-21,23-28H,8-18H2,1-7H3/t20-,21-,23+,24+,25-,26+,27+,28+,29-,30+/m1/s1. The molecule has 0 N–H and O–H groups in total. The molecule has 0 amide bonds. The van der Waals surface area contributed by atoms with Crippen LogP contribution in [0.15, 0.2) is 0 Å². The Bertz CT molecular complexity index is 670. The molecule has 4 aliphatic rings. The summed E-state index contributed by atoms with van der Waals surface area (Å²) in [5, 5.41) is 0. The maximum atomic E-state index is 11.6. The second kappa shape index (κ2) is 9.26. The summed E-state index contributed by atoms with van der Waals surface area (Å²) in [5.74, 6) is 6.65. The zero-order chi connectivity index (χ0) is 23.3. The first kappa shape index (κ1) is 24.6. The fraction of sp³-hybridized carbons (Fsp3) is 0.967. The van der Waals surface area contributed by atoms with Gasteiger partial charge in [-0.3, -0.25) is 4.79 Å². The summed E-state index contributed by atoms with van der Waals surface area (Å²) in [6, 6.07) is 0. The molecule has 32 heavy (non-hydrogen) atoms. The predicted molar refractivity (Wildman–Crippen MR) is 133 cm³/mol. The third-order valence-corrected chi connectivity index (χ3v) is 11.5. The summed E-state index contributed by atoms with van der Waals surface area (Å²) in [6.07, 6.45) is 15.5. The first-order valence-electron chi connectivity index (χ1n) is 14.2. The molecule has 4 saturated carbocycles. The zero-order valence-corrected chi connectivity index (χ0v) is 22.3. The highest BCUT2D eigenvalue weighted by Gasteiger charge is 2.61. The molecule has 10 atom stereocenters. The zero-order valence-electron chi connectivity index (χ0n) is 22.3. The molecule has 0 aromatic rings. The molecule has 0 saturated heterocycles. The van der Waals surface area contributed by atoms with Gasteiger partial charge in [-0.05, 0) is 110 Å². The fourth-order valence-corrected chi connectivity index (χ4v) is 9.98.